The molecule has 0 aliphatic heterocycles. The van der Waals surface area contributed by atoms with E-state index >= 15 is 0 Å². The molecule has 19 heavy (non-hydrogen) atoms. The standard InChI is InChI=1S/C13H22N2O4/c1-11(2,3)5-4-8-12(14-9(16)17)6-13(8,7-12)15-10(18)19/h8,14-15H,4-7H2,1-3H3,(H,16,17)(H,18,19). The molecule has 3 fully saturated rings. The van der Waals surface area contributed by atoms with Crippen LogP contribution in [0.15, 0.2) is 0 Å². The van der Waals surface area contributed by atoms with Crippen molar-refractivity contribution in [1.82, 2.24) is 10.6 Å². The summed E-state index contributed by atoms with van der Waals surface area (Å²) < 4.78 is 0. The molecule has 3 rings (SSSR count). The van der Waals surface area contributed by atoms with Gasteiger partial charge < -0.3 is 20.8 Å². The van der Waals surface area contributed by atoms with Gasteiger partial charge in [-0.3, -0.25) is 0 Å². The van der Waals surface area contributed by atoms with Gasteiger partial charge in [0, 0.05) is 5.92 Å². The third-order valence-corrected chi connectivity index (χ3v) is 4.49. The molecule has 108 valence electrons. The summed E-state index contributed by atoms with van der Waals surface area (Å²) in [4.78, 5) is 21.7. The van der Waals surface area contributed by atoms with Crippen LogP contribution in [0.5, 0.6) is 0 Å². The highest BCUT2D eigenvalue weighted by Crippen LogP contribution is 2.66. The summed E-state index contributed by atoms with van der Waals surface area (Å²) in [5.41, 5.74) is -0.643. The summed E-state index contributed by atoms with van der Waals surface area (Å²) in [6.45, 7) is 6.39. The zero-order chi connectivity index (χ0) is 14.5. The maximum absolute atomic E-state index is 10.9. The number of hydrogen-bond donors (Lipinski definition) is 4. The first kappa shape index (κ1) is 14.0. The fourth-order valence-corrected chi connectivity index (χ4v) is 3.74. The zero-order valence-electron chi connectivity index (χ0n) is 11.6. The molecule has 0 radical (unpaired) electrons. The highest BCUT2D eigenvalue weighted by Gasteiger charge is 2.76. The van der Waals surface area contributed by atoms with Gasteiger partial charge in [0.1, 0.15) is 0 Å². The second kappa shape index (κ2) is 4.02. The molecule has 0 unspecified atom stereocenters. The predicted molar refractivity (Wildman–Crippen MR) is 69.2 cm³/mol. The number of nitrogens with one attached hydrogen (secondary N) is 2. The van der Waals surface area contributed by atoms with Crippen molar-refractivity contribution in [3.63, 3.8) is 0 Å². The molecular formula is C13H22N2O4. The van der Waals surface area contributed by atoms with Crippen LogP contribution in [0, 0.1) is 11.3 Å². The lowest BCUT2D eigenvalue weighted by molar-refractivity contribution is -0.176. The molecule has 0 aromatic heterocycles. The second-order valence-electron chi connectivity index (χ2n) is 7.18. The second-order valence-corrected chi connectivity index (χ2v) is 7.18. The molecule has 0 spiro atoms. The van der Waals surface area contributed by atoms with E-state index in [1.165, 1.54) is 0 Å². The Hall–Kier alpha value is -1.46. The van der Waals surface area contributed by atoms with Gasteiger partial charge in [-0.05, 0) is 31.1 Å². The SMILES string of the molecule is CC(C)(C)CCC1C2(NC(=O)O)CC1(NC(=O)O)C2. The molecular weight excluding hydrogens is 248 g/mol. The Balaban J connectivity index is 2.02. The first-order valence-electron chi connectivity index (χ1n) is 6.61. The lowest BCUT2D eigenvalue weighted by Gasteiger charge is -2.75. The Labute approximate surface area is 112 Å². The van der Waals surface area contributed by atoms with Gasteiger partial charge >= 0.3 is 12.2 Å². The van der Waals surface area contributed by atoms with Gasteiger partial charge in [0.25, 0.3) is 0 Å². The van der Waals surface area contributed by atoms with Crippen LogP contribution in [-0.4, -0.2) is 33.5 Å². The van der Waals surface area contributed by atoms with Crippen molar-refractivity contribution in [1.29, 1.82) is 0 Å². The van der Waals surface area contributed by atoms with E-state index in [0.29, 0.717) is 12.8 Å². The Kier molecular flexibility index (Phi) is 2.95. The number of carbonyl (C=O) groups is 2. The smallest absolute Gasteiger partial charge is 0.405 e. The first-order chi connectivity index (χ1) is 8.59. The van der Waals surface area contributed by atoms with E-state index in [9.17, 15) is 9.59 Å². The minimum Gasteiger partial charge on any atom is -0.465 e. The van der Waals surface area contributed by atoms with Crippen LogP contribution in [0.4, 0.5) is 9.59 Å². The Morgan fingerprint density at radius 1 is 1.11 bits per heavy atom. The van der Waals surface area contributed by atoms with Crippen LogP contribution >= 0.6 is 0 Å². The van der Waals surface area contributed by atoms with E-state index < -0.39 is 23.3 Å². The third-order valence-electron chi connectivity index (χ3n) is 4.49. The minimum absolute atomic E-state index is 0.0754. The van der Waals surface area contributed by atoms with Crippen molar-refractivity contribution in [2.45, 2.75) is 57.5 Å². The van der Waals surface area contributed by atoms with Crippen molar-refractivity contribution in [3.05, 3.63) is 0 Å². The highest BCUT2D eigenvalue weighted by atomic mass is 16.4. The van der Waals surface area contributed by atoms with Crippen molar-refractivity contribution in [2.75, 3.05) is 0 Å². The van der Waals surface area contributed by atoms with Crippen LogP contribution in [0.25, 0.3) is 0 Å². The van der Waals surface area contributed by atoms with Gasteiger partial charge in [0.2, 0.25) is 0 Å². The highest BCUT2D eigenvalue weighted by molar-refractivity contribution is 5.70. The molecule has 3 saturated carbocycles. The number of rotatable bonds is 4. The maximum atomic E-state index is 10.9. The quantitative estimate of drug-likeness (QED) is 0.629. The molecule has 3 aliphatic rings. The summed E-state index contributed by atoms with van der Waals surface area (Å²) in [5, 5.41) is 23.0. The lowest BCUT2D eigenvalue weighted by atomic mass is 9.36. The van der Waals surface area contributed by atoms with Crippen molar-refractivity contribution < 1.29 is 19.8 Å². The average molecular weight is 270 g/mol. The molecule has 4 N–H and O–H groups in total. The molecule has 2 bridgehead atoms. The number of amides is 2. The first-order valence-corrected chi connectivity index (χ1v) is 6.61. The average Bonchev–Trinajstić information content (AvgIpc) is 2.10. The maximum Gasteiger partial charge on any atom is 0.405 e. The topological polar surface area (TPSA) is 98.7 Å². The molecule has 2 amide bonds. The fourth-order valence-electron chi connectivity index (χ4n) is 3.74. The molecule has 6 nitrogen and oxygen atoms in total. The molecule has 0 aromatic rings. The van der Waals surface area contributed by atoms with Crippen molar-refractivity contribution in [2.24, 2.45) is 11.3 Å². The number of carboxylic acid groups (broad SMARTS) is 2. The van der Waals surface area contributed by atoms with Crippen molar-refractivity contribution in [3.8, 4) is 0 Å². The van der Waals surface area contributed by atoms with Crippen LogP contribution < -0.4 is 10.6 Å². The van der Waals surface area contributed by atoms with E-state index in [-0.39, 0.29) is 11.3 Å². The van der Waals surface area contributed by atoms with Crippen LogP contribution in [0.1, 0.15) is 46.5 Å². The predicted octanol–water partition coefficient (Wildman–Crippen LogP) is 2.25. The van der Waals surface area contributed by atoms with E-state index in [1.807, 2.05) is 0 Å². The lowest BCUT2D eigenvalue weighted by Crippen LogP contribution is -2.90. The molecule has 0 heterocycles. The van der Waals surface area contributed by atoms with Gasteiger partial charge in [-0.25, -0.2) is 9.59 Å². The van der Waals surface area contributed by atoms with Crippen molar-refractivity contribution >= 4 is 12.2 Å². The summed E-state index contributed by atoms with van der Waals surface area (Å²) in [7, 11) is 0. The Bertz CT molecular complexity index is 379. The normalized spacial score (nSPS) is 35.8. The van der Waals surface area contributed by atoms with Crippen LogP contribution in [0.3, 0.4) is 0 Å². The third kappa shape index (κ3) is 2.35. The Morgan fingerprint density at radius 3 is 1.84 bits per heavy atom. The van der Waals surface area contributed by atoms with Crippen LogP contribution in [0.2, 0.25) is 0 Å². The Morgan fingerprint density at radius 2 is 1.53 bits per heavy atom. The molecule has 3 aliphatic carbocycles. The largest absolute Gasteiger partial charge is 0.465 e. The van der Waals surface area contributed by atoms with Crippen LogP contribution in [-0.2, 0) is 0 Å². The molecule has 0 aromatic carbocycles. The summed E-state index contributed by atoms with van der Waals surface area (Å²) in [6, 6.07) is 0. The van der Waals surface area contributed by atoms with Gasteiger partial charge in [-0.1, -0.05) is 20.8 Å². The van der Waals surface area contributed by atoms with Gasteiger partial charge in [0.15, 0.2) is 0 Å². The summed E-state index contributed by atoms with van der Waals surface area (Å²) >= 11 is 0. The summed E-state index contributed by atoms with van der Waals surface area (Å²) in [6.07, 6.45) is 0.892. The minimum atomic E-state index is -1.02. The van der Waals surface area contributed by atoms with Gasteiger partial charge in [0.05, 0.1) is 11.1 Å². The number of hydrogen-bond acceptors (Lipinski definition) is 2. The van der Waals surface area contributed by atoms with E-state index in [1.54, 1.807) is 0 Å². The van der Waals surface area contributed by atoms with E-state index in [0.717, 1.165) is 12.8 Å². The zero-order valence-corrected chi connectivity index (χ0v) is 11.6. The fraction of sp³-hybridized carbons (Fsp3) is 0.846. The monoisotopic (exact) mass is 270 g/mol. The van der Waals surface area contributed by atoms with Gasteiger partial charge in [-0.15, -0.1) is 0 Å². The molecule has 0 saturated heterocycles. The van der Waals surface area contributed by atoms with Gasteiger partial charge in [-0.2, -0.15) is 0 Å². The summed E-state index contributed by atoms with van der Waals surface area (Å²) in [5.74, 6) is 0.0754. The van der Waals surface area contributed by atoms with E-state index in [4.69, 9.17) is 10.2 Å². The van der Waals surface area contributed by atoms with E-state index in [2.05, 4.69) is 31.4 Å². The molecule has 0 atom stereocenters. The molecule has 6 heteroatoms.